The van der Waals surface area contributed by atoms with E-state index in [1.807, 2.05) is 0 Å². The van der Waals surface area contributed by atoms with Crippen LogP contribution in [0.3, 0.4) is 0 Å². The van der Waals surface area contributed by atoms with Crippen molar-refractivity contribution in [3.63, 3.8) is 0 Å². The van der Waals surface area contributed by atoms with E-state index in [1.54, 1.807) is 44.4 Å². The van der Waals surface area contributed by atoms with Crippen molar-refractivity contribution in [2.45, 2.75) is 69.4 Å². The quantitative estimate of drug-likeness (QED) is 0.206. The van der Waals surface area contributed by atoms with Gasteiger partial charge in [-0.2, -0.15) is 18.2 Å². The highest BCUT2D eigenvalue weighted by atomic mass is 32.2. The summed E-state index contributed by atoms with van der Waals surface area (Å²) in [6.07, 6.45) is -5.48. The van der Waals surface area contributed by atoms with E-state index in [9.17, 15) is 27.2 Å². The minimum atomic E-state index is -4.95. The number of aromatic nitrogens is 2. The molecule has 0 radical (unpaired) electrons. The molecule has 5 rings (SSSR count). The second-order valence-electron chi connectivity index (χ2n) is 12.7. The van der Waals surface area contributed by atoms with Crippen LogP contribution in [0, 0.1) is 11.6 Å². The van der Waals surface area contributed by atoms with Crippen molar-refractivity contribution in [3.8, 4) is 11.1 Å². The number of hydrogen-bond donors (Lipinski definition) is 0. The van der Waals surface area contributed by atoms with E-state index in [0.717, 1.165) is 30.0 Å². The molecule has 0 spiro atoms. The Balaban J connectivity index is 1.73. The number of halogens is 5. The molecule has 0 aliphatic carbocycles. The summed E-state index contributed by atoms with van der Waals surface area (Å²) in [6, 6.07) is 1.77. The van der Waals surface area contributed by atoms with Crippen molar-refractivity contribution >= 4 is 34.6 Å². The predicted molar refractivity (Wildman–Crippen MR) is 168 cm³/mol. The number of methoxy groups -OCH3 is 1. The number of piperazine rings is 1. The number of ether oxygens (including phenoxy) is 3. The first-order valence-electron chi connectivity index (χ1n) is 15.1. The summed E-state index contributed by atoms with van der Waals surface area (Å²) < 4.78 is 91.4. The highest BCUT2D eigenvalue weighted by Gasteiger charge is 2.41. The Labute approximate surface area is 273 Å². The molecule has 1 saturated heterocycles. The maximum absolute atomic E-state index is 15.2. The van der Waals surface area contributed by atoms with Crippen LogP contribution < -0.4 is 10.6 Å². The molecule has 2 unspecified atom stereocenters. The molecule has 0 N–H and O–H groups in total. The van der Waals surface area contributed by atoms with Crippen molar-refractivity contribution in [2.75, 3.05) is 50.7 Å². The van der Waals surface area contributed by atoms with Gasteiger partial charge in [0.25, 0.3) is 0 Å². The Morgan fingerprint density at radius 3 is 2.43 bits per heavy atom. The van der Waals surface area contributed by atoms with E-state index in [4.69, 9.17) is 14.2 Å². The number of carbonyl (C=O) groups excluding carboxylic acids is 1. The standard InChI is InChI=1S/C32H37F5N4O5S/c1-17-14-40(30(43)46-31(3,4)5)18(2)13-39(17)28-22-12-23(32(35,36)37)25(21-8-7-19(33)11-24(21)34)27-26(22)41(29(42)38-28)20(16-47-27)15-45-10-9-44-6/h7-8,11-12,17-18,20H,9-10,13-16H2,1-6H3/t17?,18?,20-/m0/s1. The molecule has 15 heteroatoms. The fraction of sp³-hybridized carbons (Fsp3) is 0.531. The lowest BCUT2D eigenvalue weighted by atomic mass is 9.95. The minimum absolute atomic E-state index is 0.0175. The number of anilines is 1. The lowest BCUT2D eigenvalue weighted by Crippen LogP contribution is -2.59. The van der Waals surface area contributed by atoms with Gasteiger partial charge >= 0.3 is 18.0 Å². The molecule has 1 aromatic heterocycles. The van der Waals surface area contributed by atoms with E-state index >= 15 is 4.39 Å². The van der Waals surface area contributed by atoms with Gasteiger partial charge in [-0.15, -0.1) is 11.8 Å². The molecule has 2 aliphatic rings. The van der Waals surface area contributed by atoms with Gasteiger partial charge in [-0.25, -0.2) is 18.4 Å². The van der Waals surface area contributed by atoms with Crippen LogP contribution in [0.15, 0.2) is 34.0 Å². The van der Waals surface area contributed by atoms with Crippen molar-refractivity contribution in [1.82, 2.24) is 14.5 Å². The lowest BCUT2D eigenvalue weighted by molar-refractivity contribution is -0.137. The van der Waals surface area contributed by atoms with Gasteiger partial charge in [0.15, 0.2) is 0 Å². The van der Waals surface area contributed by atoms with Gasteiger partial charge in [0.05, 0.1) is 36.9 Å². The van der Waals surface area contributed by atoms with Crippen LogP contribution >= 0.6 is 11.8 Å². The number of hydrogen-bond acceptors (Lipinski definition) is 8. The third-order valence-corrected chi connectivity index (χ3v) is 9.30. The van der Waals surface area contributed by atoms with Gasteiger partial charge in [-0.05, 0) is 52.8 Å². The molecular formula is C32H37F5N4O5S. The zero-order valence-corrected chi connectivity index (χ0v) is 27.7. The molecule has 1 fully saturated rings. The largest absolute Gasteiger partial charge is 0.444 e. The fourth-order valence-electron chi connectivity index (χ4n) is 5.97. The maximum atomic E-state index is 15.2. The maximum Gasteiger partial charge on any atom is 0.417 e. The summed E-state index contributed by atoms with van der Waals surface area (Å²) in [5, 5.41) is 0.0389. The van der Waals surface area contributed by atoms with Gasteiger partial charge < -0.3 is 24.0 Å². The molecule has 0 saturated carbocycles. The van der Waals surface area contributed by atoms with Crippen LogP contribution in [-0.4, -0.2) is 84.0 Å². The van der Waals surface area contributed by atoms with E-state index in [-0.39, 0.29) is 53.7 Å². The number of benzene rings is 2. The Hall–Kier alpha value is -3.43. The average Bonchev–Trinajstić information content (AvgIpc) is 2.97. The summed E-state index contributed by atoms with van der Waals surface area (Å²) in [6.45, 7) is 9.69. The van der Waals surface area contributed by atoms with Crippen molar-refractivity contribution in [2.24, 2.45) is 0 Å². The van der Waals surface area contributed by atoms with E-state index in [1.165, 1.54) is 11.7 Å². The molecule has 2 aliphatic heterocycles. The second kappa shape index (κ2) is 13.2. The number of thioether (sulfide) groups is 1. The zero-order chi connectivity index (χ0) is 34.4. The van der Waals surface area contributed by atoms with Crippen LogP contribution in [0.4, 0.5) is 32.6 Å². The minimum Gasteiger partial charge on any atom is -0.444 e. The number of carbonyl (C=O) groups is 1. The molecule has 3 heterocycles. The Morgan fingerprint density at radius 1 is 1.06 bits per heavy atom. The van der Waals surface area contributed by atoms with Gasteiger partial charge in [0.1, 0.15) is 23.1 Å². The monoisotopic (exact) mass is 684 g/mol. The van der Waals surface area contributed by atoms with E-state index < -0.39 is 70.0 Å². The van der Waals surface area contributed by atoms with Crippen molar-refractivity contribution in [3.05, 3.63) is 51.9 Å². The number of amides is 1. The number of alkyl halides is 3. The van der Waals surface area contributed by atoms with Gasteiger partial charge in [0, 0.05) is 65.5 Å². The topological polar surface area (TPSA) is 86.1 Å². The number of nitrogens with zero attached hydrogens (tertiary/aromatic N) is 4. The molecule has 9 nitrogen and oxygen atoms in total. The number of rotatable bonds is 7. The predicted octanol–water partition coefficient (Wildman–Crippen LogP) is 6.50. The van der Waals surface area contributed by atoms with Crippen LogP contribution in [0.25, 0.3) is 22.0 Å². The van der Waals surface area contributed by atoms with Crippen LogP contribution in [0.1, 0.15) is 46.2 Å². The van der Waals surface area contributed by atoms with Gasteiger partial charge in [0.2, 0.25) is 0 Å². The van der Waals surface area contributed by atoms with E-state index in [0.29, 0.717) is 12.7 Å². The van der Waals surface area contributed by atoms with Crippen LogP contribution in [0.2, 0.25) is 0 Å². The highest BCUT2D eigenvalue weighted by Crippen LogP contribution is 2.50. The zero-order valence-electron chi connectivity index (χ0n) is 26.9. The SMILES string of the molecule is COCCOC[C@H]1CSc2c(-c3ccc(F)cc3F)c(C(F)(F)F)cc3c(N4CC(C)N(C(=O)OC(C)(C)C)CC4C)nc(=O)n1c23. The molecule has 1 amide bonds. The molecule has 3 atom stereocenters. The van der Waals surface area contributed by atoms with Crippen LogP contribution in [0.5, 0.6) is 0 Å². The van der Waals surface area contributed by atoms with Crippen molar-refractivity contribution < 1.29 is 41.0 Å². The fourth-order valence-corrected chi connectivity index (χ4v) is 7.29. The highest BCUT2D eigenvalue weighted by molar-refractivity contribution is 7.99. The summed E-state index contributed by atoms with van der Waals surface area (Å²) >= 11 is 1.05. The molecule has 3 aromatic rings. The second-order valence-corrected chi connectivity index (χ2v) is 13.8. The first kappa shape index (κ1) is 34.9. The summed E-state index contributed by atoms with van der Waals surface area (Å²) in [4.78, 5) is 34.5. The summed E-state index contributed by atoms with van der Waals surface area (Å²) in [5.41, 5.74) is -3.36. The molecular weight excluding hydrogens is 647 g/mol. The summed E-state index contributed by atoms with van der Waals surface area (Å²) in [5.74, 6) is -1.95. The van der Waals surface area contributed by atoms with Crippen LogP contribution in [-0.2, 0) is 20.4 Å². The van der Waals surface area contributed by atoms with Gasteiger partial charge in [-0.1, -0.05) is 0 Å². The molecule has 2 aromatic carbocycles. The van der Waals surface area contributed by atoms with Gasteiger partial charge in [-0.3, -0.25) is 4.57 Å². The normalized spacial score (nSPS) is 20.2. The summed E-state index contributed by atoms with van der Waals surface area (Å²) in [7, 11) is 1.51. The first-order chi connectivity index (χ1) is 22.0. The Bertz CT molecular complexity index is 1730. The van der Waals surface area contributed by atoms with Crippen molar-refractivity contribution in [1.29, 1.82) is 0 Å². The Kier molecular flexibility index (Phi) is 9.82. The molecule has 0 bridgehead atoms. The molecule has 47 heavy (non-hydrogen) atoms. The smallest absolute Gasteiger partial charge is 0.417 e. The average molecular weight is 685 g/mol. The molecule has 256 valence electrons. The third-order valence-electron chi connectivity index (χ3n) is 8.06. The third kappa shape index (κ3) is 7.07. The Morgan fingerprint density at radius 2 is 1.79 bits per heavy atom. The first-order valence-corrected chi connectivity index (χ1v) is 16.1. The lowest BCUT2D eigenvalue weighted by Gasteiger charge is -2.45. The van der Waals surface area contributed by atoms with E-state index in [2.05, 4.69) is 4.98 Å².